The zero-order chi connectivity index (χ0) is 15.5. The number of benzene rings is 2. The van der Waals surface area contributed by atoms with E-state index in [4.69, 9.17) is 5.26 Å². The van der Waals surface area contributed by atoms with E-state index in [2.05, 4.69) is 4.72 Å². The highest BCUT2D eigenvalue weighted by Crippen LogP contribution is 2.17. The van der Waals surface area contributed by atoms with Crippen LogP contribution in [0.1, 0.15) is 22.3 Å². The fourth-order valence-electron chi connectivity index (χ4n) is 2.02. The minimum Gasteiger partial charge on any atom is -0.207 e. The molecule has 0 unspecified atom stereocenters. The average molecular weight is 300 g/mol. The smallest absolute Gasteiger partial charge is 0.207 e. The molecule has 0 aliphatic carbocycles. The Kier molecular flexibility index (Phi) is 4.41. The zero-order valence-electron chi connectivity index (χ0n) is 11.9. The molecule has 0 aliphatic heterocycles. The van der Waals surface area contributed by atoms with Crippen molar-refractivity contribution in [2.45, 2.75) is 25.3 Å². The Hall–Kier alpha value is -2.16. The van der Waals surface area contributed by atoms with Gasteiger partial charge in [0.15, 0.2) is 0 Å². The highest BCUT2D eigenvalue weighted by Gasteiger charge is 2.17. The van der Waals surface area contributed by atoms with Crippen molar-refractivity contribution in [3.05, 3.63) is 64.7 Å². The summed E-state index contributed by atoms with van der Waals surface area (Å²) in [5.41, 5.74) is 2.90. The Morgan fingerprint density at radius 1 is 1.10 bits per heavy atom. The standard InChI is InChI=1S/C16H16N2O2S/c1-12-5-3-4-6-15(12)11-18-21(19,20)16-9-14(10-17)8-7-13(16)2/h3-9,18H,11H2,1-2H3. The van der Waals surface area contributed by atoms with Crippen LogP contribution < -0.4 is 4.72 Å². The van der Waals surface area contributed by atoms with Crippen molar-refractivity contribution in [2.75, 3.05) is 0 Å². The Morgan fingerprint density at radius 2 is 1.81 bits per heavy atom. The minimum atomic E-state index is -3.64. The van der Waals surface area contributed by atoms with E-state index in [0.29, 0.717) is 11.1 Å². The summed E-state index contributed by atoms with van der Waals surface area (Å²) in [7, 11) is -3.64. The van der Waals surface area contributed by atoms with Crippen molar-refractivity contribution in [2.24, 2.45) is 0 Å². The predicted octanol–water partition coefficient (Wildman–Crippen LogP) is 2.65. The second kappa shape index (κ2) is 6.08. The third-order valence-electron chi connectivity index (χ3n) is 3.32. The molecular weight excluding hydrogens is 284 g/mol. The van der Waals surface area contributed by atoms with Crippen LogP contribution in [-0.2, 0) is 16.6 Å². The van der Waals surface area contributed by atoms with Gasteiger partial charge in [-0.2, -0.15) is 5.26 Å². The summed E-state index contributed by atoms with van der Waals surface area (Å²) in [5.74, 6) is 0. The molecule has 2 rings (SSSR count). The number of nitrogens with zero attached hydrogens (tertiary/aromatic N) is 1. The third-order valence-corrected chi connectivity index (χ3v) is 4.86. The van der Waals surface area contributed by atoms with Gasteiger partial charge in [-0.3, -0.25) is 0 Å². The molecule has 108 valence electrons. The molecule has 5 heteroatoms. The number of hydrogen-bond acceptors (Lipinski definition) is 3. The molecular formula is C16H16N2O2S. The monoisotopic (exact) mass is 300 g/mol. The highest BCUT2D eigenvalue weighted by molar-refractivity contribution is 7.89. The molecule has 21 heavy (non-hydrogen) atoms. The van der Waals surface area contributed by atoms with Crippen LogP contribution in [0.15, 0.2) is 47.4 Å². The van der Waals surface area contributed by atoms with E-state index >= 15 is 0 Å². The van der Waals surface area contributed by atoms with E-state index in [1.165, 1.54) is 6.07 Å². The molecule has 0 atom stereocenters. The SMILES string of the molecule is Cc1ccccc1CNS(=O)(=O)c1cc(C#N)ccc1C. The van der Waals surface area contributed by atoms with Crippen LogP contribution in [0.5, 0.6) is 0 Å². The van der Waals surface area contributed by atoms with Gasteiger partial charge in [-0.05, 0) is 42.7 Å². The molecule has 0 saturated heterocycles. The molecule has 2 aromatic rings. The van der Waals surface area contributed by atoms with E-state index in [0.717, 1.165) is 11.1 Å². The van der Waals surface area contributed by atoms with Crippen LogP contribution in [0.3, 0.4) is 0 Å². The van der Waals surface area contributed by atoms with Crippen LogP contribution in [0, 0.1) is 25.2 Å². The van der Waals surface area contributed by atoms with Gasteiger partial charge in [-0.1, -0.05) is 30.3 Å². The van der Waals surface area contributed by atoms with Crippen LogP contribution in [-0.4, -0.2) is 8.42 Å². The van der Waals surface area contributed by atoms with Gasteiger partial charge in [-0.25, -0.2) is 13.1 Å². The Bertz CT molecular complexity index is 805. The molecule has 4 nitrogen and oxygen atoms in total. The molecule has 0 saturated carbocycles. The van der Waals surface area contributed by atoms with E-state index in [1.807, 2.05) is 37.3 Å². The molecule has 0 heterocycles. The summed E-state index contributed by atoms with van der Waals surface area (Å²) >= 11 is 0. The van der Waals surface area contributed by atoms with Crippen molar-refractivity contribution in [3.63, 3.8) is 0 Å². The van der Waals surface area contributed by atoms with Crippen molar-refractivity contribution in [1.29, 1.82) is 5.26 Å². The molecule has 0 fully saturated rings. The Morgan fingerprint density at radius 3 is 2.48 bits per heavy atom. The normalized spacial score (nSPS) is 11.1. The van der Waals surface area contributed by atoms with Gasteiger partial charge in [0.1, 0.15) is 0 Å². The summed E-state index contributed by atoms with van der Waals surface area (Å²) in [6.07, 6.45) is 0. The van der Waals surface area contributed by atoms with Gasteiger partial charge in [0, 0.05) is 6.54 Å². The lowest BCUT2D eigenvalue weighted by atomic mass is 10.1. The lowest BCUT2D eigenvalue weighted by Crippen LogP contribution is -2.24. The predicted molar refractivity (Wildman–Crippen MR) is 81.1 cm³/mol. The van der Waals surface area contributed by atoms with Gasteiger partial charge >= 0.3 is 0 Å². The second-order valence-electron chi connectivity index (χ2n) is 4.84. The number of nitrogens with one attached hydrogen (secondary N) is 1. The third kappa shape index (κ3) is 3.48. The number of sulfonamides is 1. The number of hydrogen-bond donors (Lipinski definition) is 1. The first kappa shape index (κ1) is 15.2. The fourth-order valence-corrected chi connectivity index (χ4v) is 3.29. The van der Waals surface area contributed by atoms with Crippen molar-refractivity contribution >= 4 is 10.0 Å². The van der Waals surface area contributed by atoms with Gasteiger partial charge in [0.2, 0.25) is 10.0 Å². The number of aryl methyl sites for hydroxylation is 2. The van der Waals surface area contributed by atoms with E-state index < -0.39 is 10.0 Å². The van der Waals surface area contributed by atoms with Crippen LogP contribution in [0.2, 0.25) is 0 Å². The van der Waals surface area contributed by atoms with Crippen LogP contribution >= 0.6 is 0 Å². The first-order chi connectivity index (χ1) is 9.94. The molecule has 2 aromatic carbocycles. The van der Waals surface area contributed by atoms with Gasteiger partial charge in [0.25, 0.3) is 0 Å². The summed E-state index contributed by atoms with van der Waals surface area (Å²) in [6, 6.07) is 14.2. The molecule has 1 N–H and O–H groups in total. The fraction of sp³-hybridized carbons (Fsp3) is 0.188. The van der Waals surface area contributed by atoms with E-state index in [1.54, 1.807) is 19.1 Å². The maximum Gasteiger partial charge on any atom is 0.241 e. The topological polar surface area (TPSA) is 70.0 Å². The lowest BCUT2D eigenvalue weighted by molar-refractivity contribution is 0.580. The van der Waals surface area contributed by atoms with Gasteiger partial charge < -0.3 is 0 Å². The molecule has 0 radical (unpaired) electrons. The number of nitriles is 1. The van der Waals surface area contributed by atoms with Crippen LogP contribution in [0.25, 0.3) is 0 Å². The zero-order valence-corrected chi connectivity index (χ0v) is 12.7. The summed E-state index contributed by atoms with van der Waals surface area (Å²) in [6.45, 7) is 3.87. The summed E-state index contributed by atoms with van der Waals surface area (Å²) < 4.78 is 27.4. The van der Waals surface area contributed by atoms with Crippen LogP contribution in [0.4, 0.5) is 0 Å². The summed E-state index contributed by atoms with van der Waals surface area (Å²) in [5, 5.41) is 8.90. The Labute approximate surface area is 125 Å². The largest absolute Gasteiger partial charge is 0.241 e. The van der Waals surface area contributed by atoms with E-state index in [9.17, 15) is 8.42 Å². The van der Waals surface area contributed by atoms with Crippen molar-refractivity contribution in [3.8, 4) is 6.07 Å². The number of rotatable bonds is 4. The quantitative estimate of drug-likeness (QED) is 0.943. The maximum absolute atomic E-state index is 12.4. The Balaban J connectivity index is 2.28. The van der Waals surface area contributed by atoms with Gasteiger partial charge in [-0.15, -0.1) is 0 Å². The summed E-state index contributed by atoms with van der Waals surface area (Å²) in [4.78, 5) is 0.148. The molecule has 0 amide bonds. The molecule has 0 spiro atoms. The highest BCUT2D eigenvalue weighted by atomic mass is 32.2. The average Bonchev–Trinajstić information content (AvgIpc) is 2.47. The maximum atomic E-state index is 12.4. The van der Waals surface area contributed by atoms with Crippen molar-refractivity contribution in [1.82, 2.24) is 4.72 Å². The molecule has 0 aliphatic rings. The second-order valence-corrected chi connectivity index (χ2v) is 6.58. The first-order valence-electron chi connectivity index (χ1n) is 6.49. The van der Waals surface area contributed by atoms with E-state index in [-0.39, 0.29) is 11.4 Å². The van der Waals surface area contributed by atoms with Crippen molar-refractivity contribution < 1.29 is 8.42 Å². The molecule has 0 bridgehead atoms. The minimum absolute atomic E-state index is 0.148. The lowest BCUT2D eigenvalue weighted by Gasteiger charge is -2.11. The molecule has 0 aromatic heterocycles. The first-order valence-corrected chi connectivity index (χ1v) is 7.97. The van der Waals surface area contributed by atoms with Gasteiger partial charge in [0.05, 0.1) is 16.5 Å².